The summed E-state index contributed by atoms with van der Waals surface area (Å²) < 4.78 is 16.9. The molecule has 0 aromatic heterocycles. The van der Waals surface area contributed by atoms with Crippen molar-refractivity contribution in [2.24, 2.45) is 0 Å². The minimum Gasteiger partial charge on any atom is -0.489 e. The number of carbonyl (C=O) groups excluding carboxylic acids is 2. The van der Waals surface area contributed by atoms with E-state index in [1.807, 2.05) is 6.07 Å². The number of rotatable bonds is 11. The number of benzene rings is 3. The fourth-order valence-corrected chi connectivity index (χ4v) is 2.89. The van der Waals surface area contributed by atoms with Crippen LogP contribution in [-0.2, 0) is 18.0 Å². The number of ketones is 1. The van der Waals surface area contributed by atoms with Crippen LogP contribution in [0.25, 0.3) is 0 Å². The van der Waals surface area contributed by atoms with Crippen LogP contribution in [-0.4, -0.2) is 29.8 Å². The van der Waals surface area contributed by atoms with E-state index in [1.165, 1.54) is 6.92 Å². The zero-order chi connectivity index (χ0) is 22.9. The van der Waals surface area contributed by atoms with E-state index in [0.717, 1.165) is 17.4 Å². The zero-order valence-electron chi connectivity index (χ0n) is 17.4. The van der Waals surface area contributed by atoms with Gasteiger partial charge in [0, 0.05) is 11.1 Å². The second-order valence-electron chi connectivity index (χ2n) is 7.01. The molecule has 0 bridgehead atoms. The quantitative estimate of drug-likeness (QED) is 0.354. The maximum atomic E-state index is 11.4. The number of carboxylic acid groups (broad SMARTS) is 1. The van der Waals surface area contributed by atoms with Crippen molar-refractivity contribution in [3.8, 4) is 17.2 Å². The summed E-state index contributed by atoms with van der Waals surface area (Å²) in [5, 5.41) is 8.90. The summed E-state index contributed by atoms with van der Waals surface area (Å²) in [6.45, 7) is 1.46. The highest BCUT2D eigenvalue weighted by Crippen LogP contribution is 2.22. The number of aldehydes is 1. The van der Waals surface area contributed by atoms with Crippen molar-refractivity contribution in [2.45, 2.75) is 20.1 Å². The largest absolute Gasteiger partial charge is 0.489 e. The number of Topliss-reactive ketones (excluding diaryl/α,β-unsaturated/α-hetero) is 1. The Kier molecular flexibility index (Phi) is 7.59. The Balaban J connectivity index is 1.71. The molecule has 0 radical (unpaired) electrons. The lowest BCUT2D eigenvalue weighted by Gasteiger charge is -2.13. The molecule has 0 spiro atoms. The Labute approximate surface area is 185 Å². The third-order valence-electron chi connectivity index (χ3n) is 4.48. The van der Waals surface area contributed by atoms with Gasteiger partial charge in [0.1, 0.15) is 36.7 Å². The normalized spacial score (nSPS) is 10.3. The molecule has 0 fully saturated rings. The molecule has 0 saturated heterocycles. The number of carbonyl (C=O) groups is 3. The van der Waals surface area contributed by atoms with Crippen molar-refractivity contribution in [1.29, 1.82) is 0 Å². The van der Waals surface area contributed by atoms with Crippen molar-refractivity contribution >= 4 is 18.0 Å². The predicted molar refractivity (Wildman–Crippen MR) is 117 cm³/mol. The summed E-state index contributed by atoms with van der Waals surface area (Å²) in [4.78, 5) is 33.0. The molecule has 0 unspecified atom stereocenters. The van der Waals surface area contributed by atoms with E-state index in [-0.39, 0.29) is 19.0 Å². The molecule has 7 heteroatoms. The molecule has 1 N–H and O–H groups in total. The lowest BCUT2D eigenvalue weighted by molar-refractivity contribution is -0.139. The van der Waals surface area contributed by atoms with E-state index < -0.39 is 12.6 Å². The van der Waals surface area contributed by atoms with Gasteiger partial charge in [-0.1, -0.05) is 0 Å². The van der Waals surface area contributed by atoms with Crippen LogP contribution in [0.1, 0.15) is 38.8 Å². The first-order chi connectivity index (χ1) is 15.4. The molecular formula is C25H22O7. The fraction of sp³-hybridized carbons (Fsp3) is 0.160. The zero-order valence-corrected chi connectivity index (χ0v) is 17.4. The van der Waals surface area contributed by atoms with Crippen molar-refractivity contribution in [3.05, 3.63) is 89.0 Å². The molecular weight excluding hydrogens is 412 g/mol. The number of hydrogen-bond donors (Lipinski definition) is 1. The third-order valence-corrected chi connectivity index (χ3v) is 4.48. The van der Waals surface area contributed by atoms with Gasteiger partial charge in [-0.2, -0.15) is 0 Å². The van der Waals surface area contributed by atoms with Crippen molar-refractivity contribution in [1.82, 2.24) is 0 Å². The van der Waals surface area contributed by atoms with Gasteiger partial charge in [-0.25, -0.2) is 4.79 Å². The molecule has 32 heavy (non-hydrogen) atoms. The van der Waals surface area contributed by atoms with E-state index in [0.29, 0.717) is 28.4 Å². The van der Waals surface area contributed by atoms with Crippen molar-refractivity contribution in [2.75, 3.05) is 6.61 Å². The summed E-state index contributed by atoms with van der Waals surface area (Å²) >= 11 is 0. The average molecular weight is 434 g/mol. The SMILES string of the molecule is CC(=O)c1ccc(OCc2cc(COc3ccc(C=O)cc3)cc(OCC(=O)O)c2)cc1. The summed E-state index contributed by atoms with van der Waals surface area (Å²) in [5.74, 6) is 0.474. The van der Waals surface area contributed by atoms with E-state index in [9.17, 15) is 14.4 Å². The first-order valence-corrected chi connectivity index (χ1v) is 9.82. The van der Waals surface area contributed by atoms with Crippen LogP contribution in [0.2, 0.25) is 0 Å². The Morgan fingerprint density at radius 3 is 1.78 bits per heavy atom. The second kappa shape index (κ2) is 10.8. The van der Waals surface area contributed by atoms with E-state index >= 15 is 0 Å². The maximum absolute atomic E-state index is 11.4. The average Bonchev–Trinajstić information content (AvgIpc) is 2.80. The molecule has 3 aromatic rings. The summed E-state index contributed by atoms with van der Waals surface area (Å²) in [7, 11) is 0. The van der Waals surface area contributed by atoms with Crippen LogP contribution in [0.4, 0.5) is 0 Å². The van der Waals surface area contributed by atoms with Gasteiger partial charge in [-0.05, 0) is 84.8 Å². The van der Waals surface area contributed by atoms with E-state index in [2.05, 4.69) is 0 Å². The second-order valence-corrected chi connectivity index (χ2v) is 7.01. The summed E-state index contributed by atoms with van der Waals surface area (Å²) in [6.07, 6.45) is 0.757. The highest BCUT2D eigenvalue weighted by Gasteiger charge is 2.07. The summed E-state index contributed by atoms with van der Waals surface area (Å²) in [6, 6.07) is 18.8. The minimum atomic E-state index is -1.08. The minimum absolute atomic E-state index is 0.0229. The van der Waals surface area contributed by atoms with Crippen LogP contribution in [0.3, 0.4) is 0 Å². The molecule has 0 aliphatic heterocycles. The Bertz CT molecular complexity index is 1090. The van der Waals surface area contributed by atoms with Gasteiger partial charge in [-0.15, -0.1) is 0 Å². The Hall–Kier alpha value is -4.13. The molecule has 0 aliphatic rings. The van der Waals surface area contributed by atoms with Crippen LogP contribution >= 0.6 is 0 Å². The molecule has 7 nitrogen and oxygen atoms in total. The first kappa shape index (κ1) is 22.6. The monoisotopic (exact) mass is 434 g/mol. The predicted octanol–water partition coefficient (Wildman–Crippen LogP) is 4.32. The van der Waals surface area contributed by atoms with Crippen LogP contribution in [0, 0.1) is 0 Å². The Morgan fingerprint density at radius 1 is 0.781 bits per heavy atom. The lowest BCUT2D eigenvalue weighted by atomic mass is 10.1. The molecule has 164 valence electrons. The highest BCUT2D eigenvalue weighted by molar-refractivity contribution is 5.94. The van der Waals surface area contributed by atoms with E-state index in [1.54, 1.807) is 60.7 Å². The standard InChI is InChI=1S/C25H22O7/c1-17(27)21-4-8-23(9-5-21)31-15-20-10-19(11-24(12-20)32-16-25(28)29)14-30-22-6-2-18(13-26)3-7-22/h2-13H,14-16H2,1H3,(H,28,29). The van der Waals surface area contributed by atoms with Gasteiger partial charge in [0.25, 0.3) is 0 Å². The molecule has 0 saturated carbocycles. The van der Waals surface area contributed by atoms with Gasteiger partial charge in [0.2, 0.25) is 0 Å². The molecule has 0 heterocycles. The van der Waals surface area contributed by atoms with Gasteiger partial charge < -0.3 is 19.3 Å². The first-order valence-electron chi connectivity index (χ1n) is 9.82. The smallest absolute Gasteiger partial charge is 0.341 e. The molecule has 0 aliphatic carbocycles. The van der Waals surface area contributed by atoms with Gasteiger partial charge >= 0.3 is 5.97 Å². The van der Waals surface area contributed by atoms with Gasteiger partial charge in [-0.3, -0.25) is 9.59 Å². The van der Waals surface area contributed by atoms with Crippen LogP contribution < -0.4 is 14.2 Å². The number of aliphatic carboxylic acids is 1. The third kappa shape index (κ3) is 6.70. The molecule has 3 aromatic carbocycles. The Morgan fingerprint density at radius 2 is 1.31 bits per heavy atom. The topological polar surface area (TPSA) is 99.1 Å². The van der Waals surface area contributed by atoms with Crippen LogP contribution in [0.15, 0.2) is 66.7 Å². The highest BCUT2D eigenvalue weighted by atomic mass is 16.5. The molecule has 3 rings (SSSR count). The van der Waals surface area contributed by atoms with Gasteiger partial charge in [0.05, 0.1) is 0 Å². The molecule has 0 atom stereocenters. The fourth-order valence-electron chi connectivity index (χ4n) is 2.89. The van der Waals surface area contributed by atoms with Crippen LogP contribution in [0.5, 0.6) is 17.2 Å². The lowest BCUT2D eigenvalue weighted by Crippen LogP contribution is -2.10. The number of hydrogen-bond acceptors (Lipinski definition) is 6. The maximum Gasteiger partial charge on any atom is 0.341 e. The van der Waals surface area contributed by atoms with Gasteiger partial charge in [0.15, 0.2) is 12.4 Å². The summed E-state index contributed by atoms with van der Waals surface area (Å²) in [5.41, 5.74) is 2.68. The number of carboxylic acids is 1. The van der Waals surface area contributed by atoms with Crippen molar-refractivity contribution in [3.63, 3.8) is 0 Å². The molecule has 0 amide bonds. The van der Waals surface area contributed by atoms with Crippen molar-refractivity contribution < 1.29 is 33.7 Å². The number of ether oxygens (including phenoxy) is 3. The van der Waals surface area contributed by atoms with E-state index in [4.69, 9.17) is 19.3 Å².